The molecule has 0 saturated heterocycles. The third-order valence-corrected chi connectivity index (χ3v) is 3.43. The molecular formula is C8H18N2O3S. The molecule has 0 spiro atoms. The Kier molecular flexibility index (Phi) is 5.71. The van der Waals surface area contributed by atoms with E-state index in [9.17, 15) is 13.2 Å². The van der Waals surface area contributed by atoms with Gasteiger partial charge in [0.1, 0.15) is 5.75 Å². The van der Waals surface area contributed by atoms with Crippen molar-refractivity contribution >= 4 is 15.7 Å². The first-order chi connectivity index (χ1) is 6.46. The van der Waals surface area contributed by atoms with Crippen molar-refractivity contribution in [1.82, 2.24) is 4.90 Å². The van der Waals surface area contributed by atoms with E-state index in [1.54, 1.807) is 0 Å². The zero-order valence-electron chi connectivity index (χ0n) is 8.69. The first kappa shape index (κ1) is 13.4. The number of hydrogen-bond donors (Lipinski definition) is 1. The quantitative estimate of drug-likeness (QED) is 0.640. The van der Waals surface area contributed by atoms with Gasteiger partial charge in [-0.05, 0) is 13.8 Å². The molecule has 0 unspecified atom stereocenters. The van der Waals surface area contributed by atoms with E-state index in [2.05, 4.69) is 0 Å². The van der Waals surface area contributed by atoms with Crippen LogP contribution in [0.1, 0.15) is 13.8 Å². The largest absolute Gasteiger partial charge is 0.342 e. The summed E-state index contributed by atoms with van der Waals surface area (Å²) in [6, 6.07) is 0. The fourth-order valence-corrected chi connectivity index (χ4v) is 2.17. The average Bonchev–Trinajstić information content (AvgIpc) is 2.04. The van der Waals surface area contributed by atoms with Crippen molar-refractivity contribution in [3.05, 3.63) is 0 Å². The lowest BCUT2D eigenvalue weighted by Crippen LogP contribution is -2.36. The molecule has 0 heterocycles. The Hall–Kier alpha value is -0.620. The molecule has 1 amide bonds. The second kappa shape index (κ2) is 5.98. The average molecular weight is 222 g/mol. The summed E-state index contributed by atoms with van der Waals surface area (Å²) in [5, 5.41) is 0. The normalized spacial score (nSPS) is 11.4. The van der Waals surface area contributed by atoms with E-state index in [1.165, 1.54) is 4.90 Å². The lowest BCUT2D eigenvalue weighted by Gasteiger charge is -2.18. The number of hydrogen-bond acceptors (Lipinski definition) is 4. The van der Waals surface area contributed by atoms with Crippen LogP contribution < -0.4 is 5.73 Å². The first-order valence-electron chi connectivity index (χ1n) is 4.65. The van der Waals surface area contributed by atoms with E-state index in [1.807, 2.05) is 13.8 Å². The van der Waals surface area contributed by atoms with Crippen LogP contribution in [0, 0.1) is 0 Å². The monoisotopic (exact) mass is 222 g/mol. The first-order valence-corrected chi connectivity index (χ1v) is 6.47. The van der Waals surface area contributed by atoms with Crippen LogP contribution in [-0.2, 0) is 14.6 Å². The molecule has 0 aliphatic rings. The van der Waals surface area contributed by atoms with Crippen LogP contribution in [0.4, 0.5) is 0 Å². The number of rotatable bonds is 6. The Morgan fingerprint density at radius 1 is 1.29 bits per heavy atom. The summed E-state index contributed by atoms with van der Waals surface area (Å²) in [5.74, 6) is -0.894. The molecule has 0 atom stereocenters. The number of carbonyl (C=O) groups is 1. The standard InChI is InChI=1S/C8H18N2O3S/c1-3-10(4-2)8(11)7-14(12,13)6-5-9/h3-7,9H2,1-2H3. The Balaban J connectivity index is 4.31. The summed E-state index contributed by atoms with van der Waals surface area (Å²) in [4.78, 5) is 12.9. The zero-order chi connectivity index (χ0) is 11.2. The molecule has 14 heavy (non-hydrogen) atoms. The van der Waals surface area contributed by atoms with Gasteiger partial charge in [-0.1, -0.05) is 0 Å². The Bertz CT molecular complexity index is 270. The minimum absolute atomic E-state index is 0.0634. The van der Waals surface area contributed by atoms with Crippen LogP contribution in [0.15, 0.2) is 0 Å². The molecule has 0 radical (unpaired) electrons. The molecule has 84 valence electrons. The van der Waals surface area contributed by atoms with Gasteiger partial charge in [0.15, 0.2) is 9.84 Å². The van der Waals surface area contributed by atoms with Crippen LogP contribution in [0.5, 0.6) is 0 Å². The van der Waals surface area contributed by atoms with Crippen molar-refractivity contribution in [3.63, 3.8) is 0 Å². The maximum absolute atomic E-state index is 11.4. The van der Waals surface area contributed by atoms with Gasteiger partial charge in [-0.3, -0.25) is 4.79 Å². The van der Waals surface area contributed by atoms with E-state index >= 15 is 0 Å². The Morgan fingerprint density at radius 3 is 2.14 bits per heavy atom. The van der Waals surface area contributed by atoms with Crippen LogP contribution >= 0.6 is 0 Å². The highest BCUT2D eigenvalue weighted by atomic mass is 32.2. The fraction of sp³-hybridized carbons (Fsp3) is 0.875. The Labute approximate surface area is 85.2 Å². The highest BCUT2D eigenvalue weighted by molar-refractivity contribution is 7.92. The number of sulfone groups is 1. The highest BCUT2D eigenvalue weighted by Gasteiger charge is 2.18. The molecule has 0 bridgehead atoms. The van der Waals surface area contributed by atoms with Crippen LogP contribution in [-0.4, -0.2) is 50.4 Å². The van der Waals surface area contributed by atoms with Gasteiger partial charge >= 0.3 is 0 Å². The fourth-order valence-electron chi connectivity index (χ4n) is 1.11. The summed E-state index contributed by atoms with van der Waals surface area (Å²) in [6.07, 6.45) is 0. The number of carbonyl (C=O) groups excluding carboxylic acids is 1. The lowest BCUT2D eigenvalue weighted by molar-refractivity contribution is -0.128. The van der Waals surface area contributed by atoms with Gasteiger partial charge in [-0.15, -0.1) is 0 Å². The van der Waals surface area contributed by atoms with Gasteiger partial charge in [-0.25, -0.2) is 8.42 Å². The van der Waals surface area contributed by atoms with E-state index in [0.717, 1.165) is 0 Å². The third-order valence-electron chi connectivity index (χ3n) is 1.89. The number of amides is 1. The molecule has 0 aliphatic carbocycles. The number of nitrogens with two attached hydrogens (primary N) is 1. The van der Waals surface area contributed by atoms with Crippen LogP contribution in [0.3, 0.4) is 0 Å². The molecule has 0 aromatic carbocycles. The summed E-state index contributed by atoms with van der Waals surface area (Å²) in [6.45, 7) is 4.77. The van der Waals surface area contributed by atoms with Crippen molar-refractivity contribution in [1.29, 1.82) is 0 Å². The molecule has 0 aromatic heterocycles. The van der Waals surface area contributed by atoms with Gasteiger partial charge in [0, 0.05) is 19.6 Å². The van der Waals surface area contributed by atoms with Gasteiger partial charge in [-0.2, -0.15) is 0 Å². The smallest absolute Gasteiger partial charge is 0.237 e. The van der Waals surface area contributed by atoms with Gasteiger partial charge in [0.2, 0.25) is 5.91 Å². The molecule has 0 saturated carbocycles. The van der Waals surface area contributed by atoms with Crippen molar-refractivity contribution < 1.29 is 13.2 Å². The van der Waals surface area contributed by atoms with Crippen molar-refractivity contribution in [2.45, 2.75) is 13.8 Å². The predicted molar refractivity (Wildman–Crippen MR) is 55.6 cm³/mol. The highest BCUT2D eigenvalue weighted by Crippen LogP contribution is 1.95. The van der Waals surface area contributed by atoms with Crippen molar-refractivity contribution in [2.24, 2.45) is 5.73 Å². The molecule has 2 N–H and O–H groups in total. The summed E-state index contributed by atoms with van der Waals surface area (Å²) in [7, 11) is -3.31. The van der Waals surface area contributed by atoms with Gasteiger partial charge < -0.3 is 10.6 Å². The SMILES string of the molecule is CCN(CC)C(=O)CS(=O)(=O)CCN. The molecule has 0 rings (SSSR count). The predicted octanol–water partition coefficient (Wildman–Crippen LogP) is -0.772. The van der Waals surface area contributed by atoms with Crippen molar-refractivity contribution in [3.8, 4) is 0 Å². The summed E-state index contributed by atoms with van der Waals surface area (Å²) < 4.78 is 22.5. The third kappa shape index (κ3) is 4.57. The maximum Gasteiger partial charge on any atom is 0.237 e. The summed E-state index contributed by atoms with van der Waals surface area (Å²) >= 11 is 0. The van der Waals surface area contributed by atoms with E-state index < -0.39 is 15.6 Å². The zero-order valence-corrected chi connectivity index (χ0v) is 9.51. The van der Waals surface area contributed by atoms with E-state index in [4.69, 9.17) is 5.73 Å². The van der Waals surface area contributed by atoms with E-state index in [0.29, 0.717) is 13.1 Å². The van der Waals surface area contributed by atoms with Gasteiger partial charge in [0.05, 0.1) is 5.75 Å². The minimum atomic E-state index is -3.31. The maximum atomic E-state index is 11.4. The lowest BCUT2D eigenvalue weighted by atomic mass is 10.5. The summed E-state index contributed by atoms with van der Waals surface area (Å²) in [5.41, 5.74) is 5.13. The molecule has 6 heteroatoms. The molecule has 0 fully saturated rings. The number of nitrogens with zero attached hydrogens (tertiary/aromatic N) is 1. The second-order valence-electron chi connectivity index (χ2n) is 2.95. The minimum Gasteiger partial charge on any atom is -0.342 e. The van der Waals surface area contributed by atoms with Crippen molar-refractivity contribution in [2.75, 3.05) is 31.1 Å². The molecule has 5 nitrogen and oxygen atoms in total. The van der Waals surface area contributed by atoms with E-state index in [-0.39, 0.29) is 18.2 Å². The topological polar surface area (TPSA) is 80.5 Å². The second-order valence-corrected chi connectivity index (χ2v) is 5.13. The molecule has 0 aliphatic heterocycles. The molecular weight excluding hydrogens is 204 g/mol. The van der Waals surface area contributed by atoms with Gasteiger partial charge in [0.25, 0.3) is 0 Å². The van der Waals surface area contributed by atoms with Crippen LogP contribution in [0.2, 0.25) is 0 Å². The van der Waals surface area contributed by atoms with Crippen LogP contribution in [0.25, 0.3) is 0 Å². The Morgan fingerprint density at radius 2 is 1.79 bits per heavy atom. The molecule has 0 aromatic rings.